The van der Waals surface area contributed by atoms with Gasteiger partial charge in [-0.1, -0.05) is 67.4 Å². The molecule has 2 nitrogen and oxygen atoms in total. The van der Waals surface area contributed by atoms with E-state index in [4.69, 9.17) is 23.2 Å². The molecule has 19 heavy (non-hydrogen) atoms. The highest BCUT2D eigenvalue weighted by atomic mass is 35.5. The lowest BCUT2D eigenvalue weighted by Crippen LogP contribution is -2.26. The lowest BCUT2D eigenvalue weighted by atomic mass is 10.1. The zero-order valence-electron chi connectivity index (χ0n) is 11.0. The number of rotatable bonds is 4. The Morgan fingerprint density at radius 1 is 1.32 bits per heavy atom. The van der Waals surface area contributed by atoms with Crippen LogP contribution in [0.15, 0.2) is 40.9 Å². The van der Waals surface area contributed by atoms with E-state index in [1.807, 2.05) is 30.3 Å². The number of allylic oxidation sites excluding steroid dienone is 1. The molecule has 1 aliphatic carbocycles. The Hall–Kier alpha value is -0.990. The van der Waals surface area contributed by atoms with Gasteiger partial charge in [-0.05, 0) is 23.0 Å². The SMILES string of the molecule is CC1(C)C(C=C(Cl)Cl)C1C(=O)NCc1ccccc1. The first-order valence-electron chi connectivity index (χ1n) is 6.27. The van der Waals surface area contributed by atoms with Crippen LogP contribution >= 0.6 is 23.2 Å². The van der Waals surface area contributed by atoms with Gasteiger partial charge < -0.3 is 5.32 Å². The number of hydrogen-bond acceptors (Lipinski definition) is 1. The maximum atomic E-state index is 12.2. The molecule has 0 aliphatic heterocycles. The third-order valence-electron chi connectivity index (χ3n) is 3.81. The minimum atomic E-state index is -0.0736. The maximum absolute atomic E-state index is 12.2. The van der Waals surface area contributed by atoms with Gasteiger partial charge in [-0.15, -0.1) is 0 Å². The van der Waals surface area contributed by atoms with Gasteiger partial charge in [-0.3, -0.25) is 4.79 Å². The van der Waals surface area contributed by atoms with Gasteiger partial charge in [-0.25, -0.2) is 0 Å². The lowest BCUT2D eigenvalue weighted by molar-refractivity contribution is -0.123. The van der Waals surface area contributed by atoms with Crippen LogP contribution in [0.25, 0.3) is 0 Å². The minimum absolute atomic E-state index is 0.0521. The van der Waals surface area contributed by atoms with Gasteiger partial charge in [0.05, 0.1) is 5.92 Å². The molecule has 1 aromatic rings. The Balaban J connectivity index is 1.93. The van der Waals surface area contributed by atoms with E-state index in [0.29, 0.717) is 6.54 Å². The molecule has 1 amide bonds. The number of amides is 1. The van der Waals surface area contributed by atoms with Crippen LogP contribution in [0.1, 0.15) is 19.4 Å². The van der Waals surface area contributed by atoms with Crippen molar-refractivity contribution in [3.8, 4) is 0 Å². The van der Waals surface area contributed by atoms with E-state index >= 15 is 0 Å². The van der Waals surface area contributed by atoms with Crippen LogP contribution in [0.4, 0.5) is 0 Å². The van der Waals surface area contributed by atoms with Crippen molar-refractivity contribution in [2.45, 2.75) is 20.4 Å². The van der Waals surface area contributed by atoms with E-state index in [1.54, 1.807) is 6.08 Å². The Morgan fingerprint density at radius 2 is 1.95 bits per heavy atom. The Labute approximate surface area is 123 Å². The van der Waals surface area contributed by atoms with E-state index in [0.717, 1.165) is 5.56 Å². The second-order valence-corrected chi connectivity index (χ2v) is 6.49. The molecule has 2 unspecified atom stereocenters. The molecule has 1 aliphatic rings. The van der Waals surface area contributed by atoms with Gasteiger partial charge in [0, 0.05) is 6.54 Å². The summed E-state index contributed by atoms with van der Waals surface area (Å²) in [5.41, 5.74) is 1.02. The van der Waals surface area contributed by atoms with Crippen LogP contribution in [0.3, 0.4) is 0 Å². The largest absolute Gasteiger partial charge is 0.352 e. The normalized spacial score (nSPS) is 23.6. The molecular weight excluding hydrogens is 281 g/mol. The average molecular weight is 298 g/mol. The molecule has 4 heteroatoms. The first kappa shape index (κ1) is 14.4. The Kier molecular flexibility index (Phi) is 4.22. The van der Waals surface area contributed by atoms with Gasteiger partial charge in [0.2, 0.25) is 5.91 Å². The fraction of sp³-hybridized carbons (Fsp3) is 0.400. The highest BCUT2D eigenvalue weighted by Gasteiger charge is 2.60. The molecule has 0 aromatic heterocycles. The highest BCUT2D eigenvalue weighted by molar-refractivity contribution is 6.55. The summed E-state index contributed by atoms with van der Waals surface area (Å²) in [7, 11) is 0. The van der Waals surface area contributed by atoms with Crippen LogP contribution in [0.2, 0.25) is 0 Å². The van der Waals surface area contributed by atoms with Crippen molar-refractivity contribution < 1.29 is 4.79 Å². The number of benzene rings is 1. The second-order valence-electron chi connectivity index (χ2n) is 5.48. The van der Waals surface area contributed by atoms with E-state index in [-0.39, 0.29) is 27.6 Å². The summed E-state index contributed by atoms with van der Waals surface area (Å²) in [5, 5.41) is 2.97. The number of nitrogens with one attached hydrogen (secondary N) is 1. The Bertz CT molecular complexity index is 492. The monoisotopic (exact) mass is 297 g/mol. The van der Waals surface area contributed by atoms with E-state index in [9.17, 15) is 4.79 Å². The average Bonchev–Trinajstić information content (AvgIpc) is 2.88. The maximum Gasteiger partial charge on any atom is 0.224 e. The van der Waals surface area contributed by atoms with Crippen molar-refractivity contribution in [1.82, 2.24) is 5.32 Å². The van der Waals surface area contributed by atoms with Crippen LogP contribution in [-0.2, 0) is 11.3 Å². The van der Waals surface area contributed by atoms with E-state index < -0.39 is 0 Å². The van der Waals surface area contributed by atoms with Gasteiger partial charge in [0.15, 0.2) is 0 Å². The first-order valence-corrected chi connectivity index (χ1v) is 7.03. The molecule has 0 heterocycles. The number of halogens is 2. The van der Waals surface area contributed by atoms with Crippen molar-refractivity contribution in [3.05, 3.63) is 46.5 Å². The summed E-state index contributed by atoms with van der Waals surface area (Å²) in [6.07, 6.45) is 1.76. The predicted octanol–water partition coefficient (Wildman–Crippen LogP) is 3.89. The quantitative estimate of drug-likeness (QED) is 0.897. The molecule has 0 bridgehead atoms. The Morgan fingerprint density at radius 3 is 2.53 bits per heavy atom. The van der Waals surface area contributed by atoms with Crippen LogP contribution < -0.4 is 5.32 Å². The molecule has 2 atom stereocenters. The van der Waals surface area contributed by atoms with Gasteiger partial charge >= 0.3 is 0 Å². The van der Waals surface area contributed by atoms with Crippen molar-refractivity contribution in [2.24, 2.45) is 17.3 Å². The van der Waals surface area contributed by atoms with Gasteiger partial charge in [-0.2, -0.15) is 0 Å². The van der Waals surface area contributed by atoms with Crippen LogP contribution in [0.5, 0.6) is 0 Å². The zero-order valence-corrected chi connectivity index (χ0v) is 12.5. The molecular formula is C15H17Cl2NO. The van der Waals surface area contributed by atoms with Crippen LogP contribution in [0, 0.1) is 17.3 Å². The van der Waals surface area contributed by atoms with Crippen molar-refractivity contribution in [2.75, 3.05) is 0 Å². The standard InChI is InChI=1S/C15H17Cl2NO/c1-15(2)11(8-12(16)17)13(15)14(19)18-9-10-6-4-3-5-7-10/h3-8,11,13H,9H2,1-2H3,(H,18,19). The molecule has 0 spiro atoms. The topological polar surface area (TPSA) is 29.1 Å². The number of hydrogen-bond donors (Lipinski definition) is 1. The first-order chi connectivity index (χ1) is 8.93. The lowest BCUT2D eigenvalue weighted by Gasteiger charge is -2.06. The molecule has 1 saturated carbocycles. The van der Waals surface area contributed by atoms with Crippen LogP contribution in [-0.4, -0.2) is 5.91 Å². The second kappa shape index (κ2) is 5.56. The third-order valence-corrected chi connectivity index (χ3v) is 4.06. The fourth-order valence-electron chi connectivity index (χ4n) is 2.52. The minimum Gasteiger partial charge on any atom is -0.352 e. The molecule has 0 saturated heterocycles. The molecule has 2 rings (SSSR count). The van der Waals surface area contributed by atoms with Crippen molar-refractivity contribution in [1.29, 1.82) is 0 Å². The zero-order chi connectivity index (χ0) is 14.0. The number of carbonyl (C=O) groups excluding carboxylic acids is 1. The summed E-state index contributed by atoms with van der Waals surface area (Å²) in [5.74, 6) is 0.127. The summed E-state index contributed by atoms with van der Waals surface area (Å²) in [6.45, 7) is 4.66. The number of carbonyl (C=O) groups is 1. The predicted molar refractivity (Wildman–Crippen MR) is 78.8 cm³/mol. The summed E-state index contributed by atoms with van der Waals surface area (Å²) in [6, 6.07) is 9.86. The van der Waals surface area contributed by atoms with E-state index in [1.165, 1.54) is 0 Å². The fourth-order valence-corrected chi connectivity index (χ4v) is 2.79. The third kappa shape index (κ3) is 3.31. The van der Waals surface area contributed by atoms with Gasteiger partial charge in [0.25, 0.3) is 0 Å². The molecule has 1 N–H and O–H groups in total. The van der Waals surface area contributed by atoms with E-state index in [2.05, 4.69) is 19.2 Å². The summed E-state index contributed by atoms with van der Waals surface area (Å²) < 4.78 is 0.233. The molecule has 1 aromatic carbocycles. The van der Waals surface area contributed by atoms with Gasteiger partial charge in [0.1, 0.15) is 4.49 Å². The summed E-state index contributed by atoms with van der Waals surface area (Å²) >= 11 is 11.4. The molecule has 102 valence electrons. The highest BCUT2D eigenvalue weighted by Crippen LogP contribution is 2.59. The van der Waals surface area contributed by atoms with Crippen molar-refractivity contribution in [3.63, 3.8) is 0 Å². The molecule has 1 fully saturated rings. The van der Waals surface area contributed by atoms with Crippen molar-refractivity contribution >= 4 is 29.1 Å². The molecule has 0 radical (unpaired) electrons. The smallest absolute Gasteiger partial charge is 0.224 e. The summed E-state index contributed by atoms with van der Waals surface area (Å²) in [4.78, 5) is 12.2.